The van der Waals surface area contributed by atoms with Crippen LogP contribution in [0.15, 0.2) is 58.6 Å². The van der Waals surface area contributed by atoms with Crippen LogP contribution < -0.4 is 0 Å². The molecule has 2 aromatic heterocycles. The van der Waals surface area contributed by atoms with Gasteiger partial charge < -0.3 is 9.15 Å². The lowest BCUT2D eigenvalue weighted by molar-refractivity contribution is 0.0378. The molecule has 0 saturated heterocycles. The molecule has 0 aliphatic heterocycles. The number of ether oxygens (including phenoxy) is 1. The molecule has 0 N–H and O–H groups in total. The van der Waals surface area contributed by atoms with Crippen LogP contribution in [-0.4, -0.2) is 33.2 Å². The van der Waals surface area contributed by atoms with Gasteiger partial charge in [-0.15, -0.1) is 10.2 Å². The Bertz CT molecular complexity index is 833. The highest BCUT2D eigenvalue weighted by molar-refractivity contribution is 5.90. The fraction of sp³-hybridized carbons (Fsp3) is 0.176. The van der Waals surface area contributed by atoms with Gasteiger partial charge in [0.15, 0.2) is 0 Å². The van der Waals surface area contributed by atoms with E-state index in [0.717, 1.165) is 5.56 Å². The number of furan rings is 1. The van der Waals surface area contributed by atoms with Crippen LogP contribution in [0.3, 0.4) is 0 Å². The maximum absolute atomic E-state index is 11.8. The topological polar surface area (TPSA) is 82.5 Å². The normalized spacial score (nSPS) is 11.3. The van der Waals surface area contributed by atoms with Crippen molar-refractivity contribution in [2.45, 2.75) is 20.0 Å². The Balaban J connectivity index is 1.72. The van der Waals surface area contributed by atoms with Crippen molar-refractivity contribution >= 4 is 12.2 Å². The molecule has 24 heavy (non-hydrogen) atoms. The highest BCUT2D eigenvalue weighted by Crippen LogP contribution is 2.22. The van der Waals surface area contributed by atoms with Crippen LogP contribution in [0.2, 0.25) is 0 Å². The number of carbonyl (C=O) groups is 1. The van der Waals surface area contributed by atoms with E-state index in [-0.39, 0.29) is 12.1 Å². The predicted octanol–water partition coefficient (Wildman–Crippen LogP) is 2.99. The molecule has 0 unspecified atom stereocenters. The van der Waals surface area contributed by atoms with E-state index in [4.69, 9.17) is 9.15 Å². The van der Waals surface area contributed by atoms with Crippen LogP contribution in [0.1, 0.15) is 30.0 Å². The molecule has 7 nitrogen and oxygen atoms in total. The predicted molar refractivity (Wildman–Crippen MR) is 87.7 cm³/mol. The average Bonchev–Trinajstić information content (AvgIpc) is 3.24. The van der Waals surface area contributed by atoms with Gasteiger partial charge in [0.1, 0.15) is 24.2 Å². The molecular weight excluding hydrogens is 308 g/mol. The average molecular weight is 324 g/mol. The molecule has 0 aliphatic rings. The maximum atomic E-state index is 11.8. The lowest BCUT2D eigenvalue weighted by atomic mass is 10.1. The summed E-state index contributed by atoms with van der Waals surface area (Å²) >= 11 is 0. The van der Waals surface area contributed by atoms with Gasteiger partial charge in [0, 0.05) is 5.56 Å². The fourth-order valence-electron chi connectivity index (χ4n) is 2.01. The number of esters is 1. The van der Waals surface area contributed by atoms with Crippen molar-refractivity contribution in [3.63, 3.8) is 0 Å². The van der Waals surface area contributed by atoms with Crippen LogP contribution in [0.25, 0.3) is 11.3 Å². The van der Waals surface area contributed by atoms with Crippen molar-refractivity contribution in [3.8, 4) is 11.3 Å². The van der Waals surface area contributed by atoms with Crippen LogP contribution >= 0.6 is 0 Å². The number of aromatic nitrogens is 3. The summed E-state index contributed by atoms with van der Waals surface area (Å²) in [4.78, 5) is 11.8. The molecule has 0 saturated carbocycles. The van der Waals surface area contributed by atoms with Crippen LogP contribution in [0.4, 0.5) is 0 Å². The third kappa shape index (κ3) is 3.75. The molecule has 0 spiro atoms. The Morgan fingerprint density at radius 3 is 2.54 bits per heavy atom. The fourth-order valence-corrected chi connectivity index (χ4v) is 2.01. The van der Waals surface area contributed by atoms with Crippen molar-refractivity contribution in [3.05, 3.63) is 60.4 Å². The lowest BCUT2D eigenvalue weighted by Crippen LogP contribution is -2.11. The van der Waals surface area contributed by atoms with E-state index in [9.17, 15) is 4.79 Å². The summed E-state index contributed by atoms with van der Waals surface area (Å²) in [6.07, 6.45) is 4.39. The number of carbonyl (C=O) groups excluding carboxylic acids is 1. The molecule has 3 rings (SSSR count). The molecule has 0 fully saturated rings. The summed E-state index contributed by atoms with van der Waals surface area (Å²) in [5.41, 5.74) is 1.37. The standard InChI is InChI=1S/C17H16N4O3/c1-12(2)23-17(22)14-5-3-13(4-6-14)16-8-7-15(24-16)9-20-21-10-18-19-11-21/h3-12H,1-2H3. The molecule has 2 heterocycles. The molecule has 1 aromatic carbocycles. The first-order valence-corrected chi connectivity index (χ1v) is 7.42. The van der Waals surface area contributed by atoms with Crippen LogP contribution in [-0.2, 0) is 4.74 Å². The third-order valence-corrected chi connectivity index (χ3v) is 3.10. The zero-order valence-electron chi connectivity index (χ0n) is 13.3. The molecule has 0 radical (unpaired) electrons. The molecule has 0 bridgehead atoms. The van der Waals surface area contributed by atoms with E-state index in [1.54, 1.807) is 18.3 Å². The van der Waals surface area contributed by atoms with Crippen molar-refractivity contribution < 1.29 is 13.9 Å². The first-order valence-electron chi connectivity index (χ1n) is 7.42. The second-order valence-electron chi connectivity index (χ2n) is 5.32. The first-order chi connectivity index (χ1) is 11.6. The SMILES string of the molecule is CC(C)OC(=O)c1ccc(-c2ccc(C=Nn3cnnc3)o2)cc1. The summed E-state index contributed by atoms with van der Waals surface area (Å²) in [5, 5.41) is 11.4. The Hall–Kier alpha value is -3.22. The Morgan fingerprint density at radius 1 is 1.17 bits per heavy atom. The van der Waals surface area contributed by atoms with Gasteiger partial charge in [0.05, 0.1) is 17.9 Å². The number of hydrogen-bond acceptors (Lipinski definition) is 6. The quantitative estimate of drug-likeness (QED) is 0.532. The second-order valence-corrected chi connectivity index (χ2v) is 5.32. The van der Waals surface area contributed by atoms with Gasteiger partial charge in [-0.1, -0.05) is 12.1 Å². The number of rotatable bonds is 5. The number of nitrogens with zero attached hydrogens (tertiary/aromatic N) is 4. The molecule has 0 amide bonds. The van der Waals surface area contributed by atoms with E-state index in [2.05, 4.69) is 15.3 Å². The minimum absolute atomic E-state index is 0.144. The van der Waals surface area contributed by atoms with Crippen molar-refractivity contribution in [1.29, 1.82) is 0 Å². The van der Waals surface area contributed by atoms with Gasteiger partial charge in [-0.25, -0.2) is 9.47 Å². The van der Waals surface area contributed by atoms with Gasteiger partial charge in [0.25, 0.3) is 0 Å². The zero-order valence-corrected chi connectivity index (χ0v) is 13.3. The monoisotopic (exact) mass is 324 g/mol. The number of benzene rings is 1. The summed E-state index contributed by atoms with van der Waals surface area (Å²) in [5.74, 6) is 0.948. The summed E-state index contributed by atoms with van der Waals surface area (Å²) in [6, 6.07) is 10.7. The van der Waals surface area contributed by atoms with Crippen molar-refractivity contribution in [2.24, 2.45) is 5.10 Å². The second kappa shape index (κ2) is 6.91. The van der Waals surface area contributed by atoms with E-state index in [1.807, 2.05) is 38.1 Å². The zero-order chi connectivity index (χ0) is 16.9. The molecule has 0 atom stereocenters. The Morgan fingerprint density at radius 2 is 1.88 bits per heavy atom. The highest BCUT2D eigenvalue weighted by atomic mass is 16.5. The van der Waals surface area contributed by atoms with Crippen molar-refractivity contribution in [1.82, 2.24) is 14.9 Å². The van der Waals surface area contributed by atoms with Crippen LogP contribution in [0, 0.1) is 0 Å². The molecule has 122 valence electrons. The Kier molecular flexibility index (Phi) is 4.51. The van der Waals surface area contributed by atoms with Gasteiger partial charge in [-0.3, -0.25) is 0 Å². The van der Waals surface area contributed by atoms with E-state index in [0.29, 0.717) is 17.1 Å². The smallest absolute Gasteiger partial charge is 0.338 e. The highest BCUT2D eigenvalue weighted by Gasteiger charge is 2.10. The number of hydrogen-bond donors (Lipinski definition) is 0. The molecular formula is C17H16N4O3. The maximum Gasteiger partial charge on any atom is 0.338 e. The van der Waals surface area contributed by atoms with Gasteiger partial charge in [0.2, 0.25) is 0 Å². The third-order valence-electron chi connectivity index (χ3n) is 3.10. The van der Waals surface area contributed by atoms with E-state index >= 15 is 0 Å². The van der Waals surface area contributed by atoms with Gasteiger partial charge in [-0.05, 0) is 38.1 Å². The largest absolute Gasteiger partial charge is 0.459 e. The molecule has 3 aromatic rings. The minimum atomic E-state index is -0.335. The Labute approximate surface area is 138 Å². The van der Waals surface area contributed by atoms with Gasteiger partial charge >= 0.3 is 5.97 Å². The summed E-state index contributed by atoms with van der Waals surface area (Å²) < 4.78 is 12.3. The van der Waals surface area contributed by atoms with Crippen LogP contribution in [0.5, 0.6) is 0 Å². The van der Waals surface area contributed by atoms with E-state index in [1.165, 1.54) is 17.3 Å². The summed E-state index contributed by atoms with van der Waals surface area (Å²) in [7, 11) is 0. The summed E-state index contributed by atoms with van der Waals surface area (Å²) in [6.45, 7) is 3.64. The van der Waals surface area contributed by atoms with Gasteiger partial charge in [-0.2, -0.15) is 5.10 Å². The van der Waals surface area contributed by atoms with Crippen molar-refractivity contribution in [2.75, 3.05) is 0 Å². The minimum Gasteiger partial charge on any atom is -0.459 e. The molecule has 7 heteroatoms. The first kappa shape index (κ1) is 15.7. The molecule has 0 aliphatic carbocycles. The van der Waals surface area contributed by atoms with E-state index < -0.39 is 0 Å². The lowest BCUT2D eigenvalue weighted by Gasteiger charge is -2.07.